The molecule has 0 atom stereocenters. The lowest BCUT2D eigenvalue weighted by Crippen LogP contribution is -1.98. The number of halogens is 1. The van der Waals surface area contributed by atoms with Gasteiger partial charge in [-0.2, -0.15) is 4.98 Å². The molecule has 0 unspecified atom stereocenters. The van der Waals surface area contributed by atoms with Crippen LogP contribution in [0.15, 0.2) is 28.9 Å². The number of nitro groups is 1. The Hall–Kier alpha value is -2.02. The predicted octanol–water partition coefficient (Wildman–Crippen LogP) is 3.81. The summed E-state index contributed by atoms with van der Waals surface area (Å²) in [6.45, 7) is 3.75. The fraction of sp³-hybridized carbons (Fsp3) is 0.231. The minimum absolute atomic E-state index is 0.0190. The van der Waals surface area contributed by atoms with Gasteiger partial charge in [0.15, 0.2) is 0 Å². The number of nitro benzene ring substituents is 1. The van der Waals surface area contributed by atoms with Gasteiger partial charge in [-0.05, 0) is 34.5 Å². The molecule has 0 radical (unpaired) electrons. The molecule has 0 saturated carbocycles. The highest BCUT2D eigenvalue weighted by Crippen LogP contribution is 2.28. The number of nitrogens with zero attached hydrogens (tertiary/aromatic N) is 3. The van der Waals surface area contributed by atoms with Crippen molar-refractivity contribution in [3.63, 3.8) is 0 Å². The number of benzene rings is 1. The highest BCUT2D eigenvalue weighted by atomic mass is 79.9. The van der Waals surface area contributed by atoms with Gasteiger partial charge in [-0.1, -0.05) is 6.92 Å². The first-order valence-electron chi connectivity index (χ1n) is 5.96. The van der Waals surface area contributed by atoms with Crippen LogP contribution in [0.2, 0.25) is 0 Å². The molecule has 0 spiro atoms. The second kappa shape index (κ2) is 5.96. The van der Waals surface area contributed by atoms with Crippen LogP contribution in [0.1, 0.15) is 18.3 Å². The summed E-state index contributed by atoms with van der Waals surface area (Å²) in [5.41, 5.74) is 0.776. The molecular weight excluding hydrogens is 326 g/mol. The van der Waals surface area contributed by atoms with Gasteiger partial charge in [0.2, 0.25) is 5.88 Å². The van der Waals surface area contributed by atoms with Crippen LogP contribution in [0.25, 0.3) is 0 Å². The summed E-state index contributed by atoms with van der Waals surface area (Å²) in [5, 5.41) is 10.8. The number of aryl methyl sites for hydroxylation is 2. The standard InChI is InChI=1S/C13H12BrN3O3/c1-3-12-15-11(14)7-13(16-12)20-10-6-9(17(18)19)5-4-8(10)2/h4-7H,3H2,1-2H3. The lowest BCUT2D eigenvalue weighted by molar-refractivity contribution is -0.384. The number of aromatic nitrogens is 2. The molecule has 0 amide bonds. The summed E-state index contributed by atoms with van der Waals surface area (Å²) in [4.78, 5) is 18.7. The zero-order chi connectivity index (χ0) is 14.7. The summed E-state index contributed by atoms with van der Waals surface area (Å²) in [6.07, 6.45) is 0.670. The highest BCUT2D eigenvalue weighted by molar-refractivity contribution is 9.10. The molecule has 0 fully saturated rings. The lowest BCUT2D eigenvalue weighted by Gasteiger charge is -2.08. The third-order valence-electron chi connectivity index (χ3n) is 2.63. The highest BCUT2D eigenvalue weighted by Gasteiger charge is 2.12. The summed E-state index contributed by atoms with van der Waals surface area (Å²) in [5.74, 6) is 1.40. The molecule has 0 aliphatic rings. The Balaban J connectivity index is 2.36. The van der Waals surface area contributed by atoms with Crippen LogP contribution < -0.4 is 4.74 Å². The van der Waals surface area contributed by atoms with Crippen molar-refractivity contribution >= 4 is 21.6 Å². The van der Waals surface area contributed by atoms with Gasteiger partial charge in [0, 0.05) is 18.6 Å². The maximum atomic E-state index is 10.8. The molecule has 0 saturated heterocycles. The fourth-order valence-electron chi connectivity index (χ4n) is 1.58. The normalized spacial score (nSPS) is 10.3. The van der Waals surface area contributed by atoms with E-state index in [2.05, 4.69) is 25.9 Å². The Kier molecular flexibility index (Phi) is 4.29. The second-order valence-corrected chi connectivity index (χ2v) is 4.92. The molecule has 0 N–H and O–H groups in total. The number of hydrogen-bond donors (Lipinski definition) is 0. The van der Waals surface area contributed by atoms with Gasteiger partial charge in [-0.25, -0.2) is 4.98 Å². The summed E-state index contributed by atoms with van der Waals surface area (Å²) < 4.78 is 6.25. The van der Waals surface area contributed by atoms with E-state index >= 15 is 0 Å². The molecule has 6 nitrogen and oxygen atoms in total. The van der Waals surface area contributed by atoms with Gasteiger partial charge >= 0.3 is 0 Å². The zero-order valence-electron chi connectivity index (χ0n) is 11.0. The summed E-state index contributed by atoms with van der Waals surface area (Å²) in [6, 6.07) is 6.09. The fourth-order valence-corrected chi connectivity index (χ4v) is 1.98. The van der Waals surface area contributed by atoms with Crippen LogP contribution in [-0.2, 0) is 6.42 Å². The molecule has 1 aromatic carbocycles. The van der Waals surface area contributed by atoms with Gasteiger partial charge < -0.3 is 4.74 Å². The summed E-state index contributed by atoms with van der Waals surface area (Å²) in [7, 11) is 0. The van der Waals surface area contributed by atoms with Crippen molar-refractivity contribution in [3.05, 3.63) is 50.4 Å². The van der Waals surface area contributed by atoms with E-state index in [1.165, 1.54) is 12.1 Å². The van der Waals surface area contributed by atoms with Crippen molar-refractivity contribution in [2.24, 2.45) is 0 Å². The van der Waals surface area contributed by atoms with E-state index in [1.807, 2.05) is 13.8 Å². The molecule has 0 bridgehead atoms. The van der Waals surface area contributed by atoms with E-state index in [9.17, 15) is 10.1 Å². The molecule has 7 heteroatoms. The minimum Gasteiger partial charge on any atom is -0.438 e. The molecule has 1 aromatic heterocycles. The maximum absolute atomic E-state index is 10.8. The van der Waals surface area contributed by atoms with Crippen LogP contribution in [0, 0.1) is 17.0 Å². The topological polar surface area (TPSA) is 78.2 Å². The number of ether oxygens (including phenoxy) is 1. The second-order valence-electron chi connectivity index (χ2n) is 4.11. The van der Waals surface area contributed by atoms with E-state index in [1.54, 1.807) is 12.1 Å². The maximum Gasteiger partial charge on any atom is 0.273 e. The average Bonchev–Trinajstić information content (AvgIpc) is 2.40. The van der Waals surface area contributed by atoms with Crippen molar-refractivity contribution < 1.29 is 9.66 Å². The van der Waals surface area contributed by atoms with Gasteiger partial charge in [0.25, 0.3) is 5.69 Å². The van der Waals surface area contributed by atoms with Crippen LogP contribution in [0.5, 0.6) is 11.6 Å². The van der Waals surface area contributed by atoms with Gasteiger partial charge in [-0.3, -0.25) is 10.1 Å². The van der Waals surface area contributed by atoms with Crippen molar-refractivity contribution in [1.29, 1.82) is 0 Å². The van der Waals surface area contributed by atoms with E-state index in [-0.39, 0.29) is 5.69 Å². The quantitative estimate of drug-likeness (QED) is 0.481. The van der Waals surface area contributed by atoms with Gasteiger partial charge in [-0.15, -0.1) is 0 Å². The first-order valence-corrected chi connectivity index (χ1v) is 6.75. The number of rotatable bonds is 4. The largest absolute Gasteiger partial charge is 0.438 e. The van der Waals surface area contributed by atoms with Crippen LogP contribution in [0.3, 0.4) is 0 Å². The predicted molar refractivity (Wildman–Crippen MR) is 77.0 cm³/mol. The Bertz CT molecular complexity index is 661. The third-order valence-corrected chi connectivity index (χ3v) is 3.04. The number of hydrogen-bond acceptors (Lipinski definition) is 5. The third kappa shape index (κ3) is 3.30. The van der Waals surface area contributed by atoms with Crippen LogP contribution in [-0.4, -0.2) is 14.9 Å². The molecule has 104 valence electrons. The first kappa shape index (κ1) is 14.4. The van der Waals surface area contributed by atoms with Crippen LogP contribution >= 0.6 is 15.9 Å². The van der Waals surface area contributed by atoms with Gasteiger partial charge in [0.05, 0.1) is 11.0 Å². The van der Waals surface area contributed by atoms with Crippen molar-refractivity contribution in [2.75, 3.05) is 0 Å². The zero-order valence-corrected chi connectivity index (χ0v) is 12.5. The molecule has 0 aliphatic carbocycles. The van der Waals surface area contributed by atoms with Crippen molar-refractivity contribution in [3.8, 4) is 11.6 Å². The number of non-ortho nitro benzene ring substituents is 1. The van der Waals surface area contributed by atoms with E-state index < -0.39 is 4.92 Å². The average molecular weight is 338 g/mol. The monoisotopic (exact) mass is 337 g/mol. The Morgan fingerprint density at radius 2 is 2.10 bits per heavy atom. The first-order chi connectivity index (χ1) is 9.49. The Morgan fingerprint density at radius 3 is 2.75 bits per heavy atom. The molecular formula is C13H12BrN3O3. The van der Waals surface area contributed by atoms with Gasteiger partial charge in [0.1, 0.15) is 16.2 Å². The van der Waals surface area contributed by atoms with Crippen molar-refractivity contribution in [2.45, 2.75) is 20.3 Å². The molecule has 0 aliphatic heterocycles. The van der Waals surface area contributed by atoms with E-state index in [4.69, 9.17) is 4.74 Å². The SMILES string of the molecule is CCc1nc(Br)cc(Oc2cc([N+](=O)[O-])ccc2C)n1. The van der Waals surface area contributed by atoms with Crippen molar-refractivity contribution in [1.82, 2.24) is 9.97 Å². The molecule has 20 heavy (non-hydrogen) atoms. The Labute approximate surface area is 124 Å². The Morgan fingerprint density at radius 1 is 1.35 bits per heavy atom. The smallest absolute Gasteiger partial charge is 0.273 e. The molecule has 2 rings (SSSR count). The van der Waals surface area contributed by atoms with E-state index in [0.29, 0.717) is 28.5 Å². The molecule has 2 aromatic rings. The summed E-state index contributed by atoms with van der Waals surface area (Å²) >= 11 is 3.28. The van der Waals surface area contributed by atoms with E-state index in [0.717, 1.165) is 5.56 Å². The van der Waals surface area contributed by atoms with Crippen LogP contribution in [0.4, 0.5) is 5.69 Å². The molecule has 1 heterocycles. The lowest BCUT2D eigenvalue weighted by atomic mass is 10.2. The minimum atomic E-state index is -0.459.